The molecule has 0 spiro atoms. The summed E-state index contributed by atoms with van der Waals surface area (Å²) in [6, 6.07) is 9.89. The number of ether oxygens (including phenoxy) is 1. The van der Waals surface area contributed by atoms with Crippen molar-refractivity contribution in [3.05, 3.63) is 52.5 Å². The van der Waals surface area contributed by atoms with Gasteiger partial charge in [0.2, 0.25) is 0 Å². The van der Waals surface area contributed by atoms with Gasteiger partial charge in [0.15, 0.2) is 0 Å². The molecule has 0 aliphatic carbocycles. The van der Waals surface area contributed by atoms with Gasteiger partial charge in [-0.25, -0.2) is 0 Å². The predicted octanol–water partition coefficient (Wildman–Crippen LogP) is 4.59. The Balaban J connectivity index is 2.24. The SMILES string of the molecule is CC(C)c1cc(Oc2ccc(CC(=O)O)cc2Cl)ccc1O. The molecule has 0 bridgehead atoms. The lowest BCUT2D eigenvalue weighted by Gasteiger charge is -2.13. The van der Waals surface area contributed by atoms with Crippen LogP contribution in [0, 0.1) is 0 Å². The Morgan fingerprint density at radius 3 is 2.55 bits per heavy atom. The number of phenols is 1. The summed E-state index contributed by atoms with van der Waals surface area (Å²) in [5.74, 6) is 0.484. The first-order chi connectivity index (χ1) is 10.4. The Bertz CT molecular complexity index is 695. The van der Waals surface area contributed by atoms with E-state index >= 15 is 0 Å². The van der Waals surface area contributed by atoms with Crippen LogP contribution in [0.5, 0.6) is 17.2 Å². The fraction of sp³-hybridized carbons (Fsp3) is 0.235. The lowest BCUT2D eigenvalue weighted by Crippen LogP contribution is -2.00. The number of hydrogen-bond donors (Lipinski definition) is 2. The van der Waals surface area contributed by atoms with Gasteiger partial charge in [-0.2, -0.15) is 0 Å². The van der Waals surface area contributed by atoms with E-state index in [2.05, 4.69) is 0 Å². The van der Waals surface area contributed by atoms with Crippen LogP contribution in [0.25, 0.3) is 0 Å². The van der Waals surface area contributed by atoms with Gasteiger partial charge < -0.3 is 14.9 Å². The molecule has 2 aromatic carbocycles. The first kappa shape index (κ1) is 16.2. The highest BCUT2D eigenvalue weighted by atomic mass is 35.5. The number of halogens is 1. The molecule has 2 N–H and O–H groups in total. The highest BCUT2D eigenvalue weighted by Crippen LogP contribution is 2.34. The van der Waals surface area contributed by atoms with Crippen LogP contribution in [-0.2, 0) is 11.2 Å². The second-order valence-electron chi connectivity index (χ2n) is 5.31. The molecule has 0 unspecified atom stereocenters. The van der Waals surface area contributed by atoms with Crippen molar-refractivity contribution in [2.45, 2.75) is 26.2 Å². The number of phenolic OH excluding ortho intramolecular Hbond substituents is 1. The Labute approximate surface area is 133 Å². The Morgan fingerprint density at radius 1 is 1.23 bits per heavy atom. The molecule has 0 aliphatic rings. The highest BCUT2D eigenvalue weighted by Gasteiger charge is 2.10. The van der Waals surface area contributed by atoms with Crippen molar-refractivity contribution < 1.29 is 19.7 Å². The molecular weight excluding hydrogens is 304 g/mol. The monoisotopic (exact) mass is 320 g/mol. The van der Waals surface area contributed by atoms with Crippen molar-refractivity contribution in [2.24, 2.45) is 0 Å². The van der Waals surface area contributed by atoms with Crippen LogP contribution >= 0.6 is 11.6 Å². The first-order valence-corrected chi connectivity index (χ1v) is 7.25. The average molecular weight is 321 g/mol. The van der Waals surface area contributed by atoms with Crippen LogP contribution in [0.3, 0.4) is 0 Å². The summed E-state index contributed by atoms with van der Waals surface area (Å²) in [6.45, 7) is 3.96. The van der Waals surface area contributed by atoms with Gasteiger partial charge >= 0.3 is 5.97 Å². The van der Waals surface area contributed by atoms with Crippen molar-refractivity contribution in [3.63, 3.8) is 0 Å². The zero-order valence-corrected chi connectivity index (χ0v) is 13.1. The van der Waals surface area contributed by atoms with Crippen molar-refractivity contribution in [3.8, 4) is 17.2 Å². The van der Waals surface area contributed by atoms with Crippen LogP contribution in [-0.4, -0.2) is 16.2 Å². The van der Waals surface area contributed by atoms with Gasteiger partial charge in [0, 0.05) is 5.56 Å². The number of carbonyl (C=O) groups is 1. The molecule has 0 atom stereocenters. The maximum atomic E-state index is 10.7. The van der Waals surface area contributed by atoms with Crippen LogP contribution in [0.15, 0.2) is 36.4 Å². The minimum absolute atomic E-state index is 0.0866. The molecule has 0 aromatic heterocycles. The fourth-order valence-corrected chi connectivity index (χ4v) is 2.34. The molecule has 116 valence electrons. The molecule has 0 fully saturated rings. The van der Waals surface area contributed by atoms with E-state index in [1.807, 2.05) is 13.8 Å². The van der Waals surface area contributed by atoms with Gasteiger partial charge in [0.05, 0.1) is 11.4 Å². The van der Waals surface area contributed by atoms with Gasteiger partial charge in [0.1, 0.15) is 17.2 Å². The molecule has 0 amide bonds. The van der Waals surface area contributed by atoms with E-state index in [0.29, 0.717) is 22.1 Å². The lowest BCUT2D eigenvalue weighted by molar-refractivity contribution is -0.136. The number of rotatable bonds is 5. The normalized spacial score (nSPS) is 10.7. The zero-order chi connectivity index (χ0) is 16.3. The van der Waals surface area contributed by atoms with E-state index in [-0.39, 0.29) is 18.1 Å². The van der Waals surface area contributed by atoms with Crippen molar-refractivity contribution in [2.75, 3.05) is 0 Å². The standard InChI is InChI=1S/C17H17ClO4/c1-10(2)13-9-12(4-5-15(13)19)22-16-6-3-11(7-14(16)18)8-17(20)21/h3-7,9-10,19H,8H2,1-2H3,(H,20,21). The topological polar surface area (TPSA) is 66.8 Å². The van der Waals surface area contributed by atoms with E-state index in [4.69, 9.17) is 21.4 Å². The quantitative estimate of drug-likeness (QED) is 0.845. The van der Waals surface area contributed by atoms with E-state index in [1.54, 1.807) is 36.4 Å². The number of carboxylic acid groups (broad SMARTS) is 1. The zero-order valence-electron chi connectivity index (χ0n) is 12.3. The second kappa shape index (κ2) is 6.71. The molecule has 0 saturated heterocycles. The lowest BCUT2D eigenvalue weighted by atomic mass is 10.0. The van der Waals surface area contributed by atoms with Crippen LogP contribution in [0.1, 0.15) is 30.9 Å². The molecule has 0 radical (unpaired) electrons. The molecule has 0 saturated carbocycles. The number of benzene rings is 2. The molecule has 5 heteroatoms. The summed E-state index contributed by atoms with van der Waals surface area (Å²) in [7, 11) is 0. The van der Waals surface area contributed by atoms with E-state index in [0.717, 1.165) is 5.56 Å². The number of hydrogen-bond acceptors (Lipinski definition) is 3. The van der Waals surface area contributed by atoms with Crippen molar-refractivity contribution in [1.82, 2.24) is 0 Å². The molecule has 4 nitrogen and oxygen atoms in total. The number of aliphatic carboxylic acids is 1. The molecule has 2 rings (SSSR count). The van der Waals surface area contributed by atoms with Gasteiger partial charge in [-0.3, -0.25) is 4.79 Å². The maximum Gasteiger partial charge on any atom is 0.307 e. The van der Waals surface area contributed by atoms with Crippen LogP contribution in [0.2, 0.25) is 5.02 Å². The van der Waals surface area contributed by atoms with Gasteiger partial charge in [0.25, 0.3) is 0 Å². The fourth-order valence-electron chi connectivity index (χ4n) is 2.10. The molecule has 0 heterocycles. The largest absolute Gasteiger partial charge is 0.508 e. The summed E-state index contributed by atoms with van der Waals surface area (Å²) in [6.07, 6.45) is -0.0866. The van der Waals surface area contributed by atoms with E-state index in [9.17, 15) is 9.90 Å². The Kier molecular flexibility index (Phi) is 4.93. The minimum Gasteiger partial charge on any atom is -0.508 e. The summed E-state index contributed by atoms with van der Waals surface area (Å²) < 4.78 is 5.72. The summed E-state index contributed by atoms with van der Waals surface area (Å²) in [4.78, 5) is 10.7. The molecule has 22 heavy (non-hydrogen) atoms. The van der Waals surface area contributed by atoms with Crippen LogP contribution in [0.4, 0.5) is 0 Å². The third-order valence-electron chi connectivity index (χ3n) is 3.20. The summed E-state index contributed by atoms with van der Waals surface area (Å²) in [5, 5.41) is 18.9. The smallest absolute Gasteiger partial charge is 0.307 e. The van der Waals surface area contributed by atoms with E-state index < -0.39 is 5.97 Å². The second-order valence-corrected chi connectivity index (χ2v) is 5.72. The number of aromatic hydroxyl groups is 1. The van der Waals surface area contributed by atoms with Crippen molar-refractivity contribution >= 4 is 17.6 Å². The van der Waals surface area contributed by atoms with Gasteiger partial charge in [-0.05, 0) is 41.8 Å². The summed E-state index contributed by atoms with van der Waals surface area (Å²) >= 11 is 6.13. The van der Waals surface area contributed by atoms with Crippen molar-refractivity contribution in [1.29, 1.82) is 0 Å². The third-order valence-corrected chi connectivity index (χ3v) is 3.50. The average Bonchev–Trinajstić information content (AvgIpc) is 2.43. The minimum atomic E-state index is -0.912. The third kappa shape index (κ3) is 3.92. The van der Waals surface area contributed by atoms with Crippen LogP contribution < -0.4 is 4.74 Å². The summed E-state index contributed by atoms with van der Waals surface area (Å²) in [5.41, 5.74) is 1.40. The number of carboxylic acids is 1. The van der Waals surface area contributed by atoms with Gasteiger partial charge in [-0.1, -0.05) is 31.5 Å². The Hall–Kier alpha value is -2.20. The molecular formula is C17H17ClO4. The Morgan fingerprint density at radius 2 is 1.95 bits per heavy atom. The molecule has 2 aromatic rings. The molecule has 0 aliphatic heterocycles. The predicted molar refractivity (Wildman–Crippen MR) is 85.1 cm³/mol. The maximum absolute atomic E-state index is 10.7. The van der Waals surface area contributed by atoms with E-state index in [1.165, 1.54) is 0 Å². The first-order valence-electron chi connectivity index (χ1n) is 6.88. The van der Waals surface area contributed by atoms with Gasteiger partial charge in [-0.15, -0.1) is 0 Å². The highest BCUT2D eigenvalue weighted by molar-refractivity contribution is 6.32.